The van der Waals surface area contributed by atoms with E-state index in [1.807, 2.05) is 30.3 Å². The van der Waals surface area contributed by atoms with Gasteiger partial charge in [-0.15, -0.1) is 0 Å². The third kappa shape index (κ3) is 1.84. The fourth-order valence-electron chi connectivity index (χ4n) is 2.44. The van der Waals surface area contributed by atoms with Crippen LogP contribution in [0.3, 0.4) is 0 Å². The summed E-state index contributed by atoms with van der Waals surface area (Å²) in [7, 11) is 0. The van der Waals surface area contributed by atoms with Crippen molar-refractivity contribution in [3.8, 4) is 5.69 Å². The number of para-hydroxylation sites is 1. The van der Waals surface area contributed by atoms with Gasteiger partial charge in [0, 0.05) is 19.1 Å². The van der Waals surface area contributed by atoms with Crippen LogP contribution in [0.1, 0.15) is 12.8 Å². The second-order valence-electron chi connectivity index (χ2n) is 4.45. The van der Waals surface area contributed by atoms with Crippen molar-refractivity contribution < 1.29 is 0 Å². The van der Waals surface area contributed by atoms with Crippen LogP contribution < -0.4 is 10.6 Å². The molecule has 1 aliphatic heterocycles. The van der Waals surface area contributed by atoms with Gasteiger partial charge in [0.15, 0.2) is 0 Å². The predicted molar refractivity (Wildman–Crippen MR) is 68.6 cm³/mol. The zero-order chi connectivity index (χ0) is 12.4. The Labute approximate surface area is 105 Å². The topological polar surface area (TPSA) is 72.9 Å². The summed E-state index contributed by atoms with van der Waals surface area (Å²) in [6, 6.07) is 10.3. The molecule has 2 heterocycles. The zero-order valence-corrected chi connectivity index (χ0v) is 10.1. The lowest BCUT2D eigenvalue weighted by Crippen LogP contribution is -2.37. The molecule has 2 N–H and O–H groups in total. The van der Waals surface area contributed by atoms with Gasteiger partial charge in [0.2, 0.25) is 0 Å². The van der Waals surface area contributed by atoms with Crippen LogP contribution >= 0.6 is 0 Å². The summed E-state index contributed by atoms with van der Waals surface area (Å²) in [5, 5.41) is 12.0. The van der Waals surface area contributed by atoms with Gasteiger partial charge in [-0.05, 0) is 35.4 Å². The zero-order valence-electron chi connectivity index (χ0n) is 10.1. The van der Waals surface area contributed by atoms with E-state index >= 15 is 0 Å². The van der Waals surface area contributed by atoms with E-state index in [-0.39, 0.29) is 0 Å². The Bertz CT molecular complexity index is 508. The molecule has 1 saturated heterocycles. The van der Waals surface area contributed by atoms with Gasteiger partial charge in [0.1, 0.15) is 0 Å². The predicted octanol–water partition coefficient (Wildman–Crippen LogP) is 0.590. The van der Waals surface area contributed by atoms with Gasteiger partial charge in [-0.2, -0.15) is 4.68 Å². The molecule has 0 radical (unpaired) electrons. The Morgan fingerprint density at radius 2 is 2.11 bits per heavy atom. The summed E-state index contributed by atoms with van der Waals surface area (Å²) in [5.41, 5.74) is 6.77. The van der Waals surface area contributed by atoms with Crippen molar-refractivity contribution in [2.45, 2.75) is 18.9 Å². The molecule has 3 rings (SSSR count). The number of anilines is 1. The molecule has 0 spiro atoms. The highest BCUT2D eigenvalue weighted by atomic mass is 15.6. The van der Waals surface area contributed by atoms with Gasteiger partial charge >= 0.3 is 0 Å². The number of nitrogens with zero attached hydrogens (tertiary/aromatic N) is 5. The summed E-state index contributed by atoms with van der Waals surface area (Å²) in [6.07, 6.45) is 2.25. The molecular formula is C12H16N6. The van der Waals surface area contributed by atoms with Crippen LogP contribution in [-0.4, -0.2) is 39.3 Å². The highest BCUT2D eigenvalue weighted by molar-refractivity contribution is 5.42. The molecule has 0 bridgehead atoms. The van der Waals surface area contributed by atoms with E-state index in [9.17, 15) is 0 Å². The maximum atomic E-state index is 5.80. The Morgan fingerprint density at radius 1 is 1.28 bits per heavy atom. The van der Waals surface area contributed by atoms with Gasteiger partial charge in [-0.25, -0.2) is 0 Å². The van der Waals surface area contributed by atoms with Gasteiger partial charge in [-0.1, -0.05) is 23.3 Å². The molecule has 1 aliphatic rings. The van der Waals surface area contributed by atoms with Crippen LogP contribution in [0.25, 0.3) is 5.69 Å². The minimum Gasteiger partial charge on any atom is -0.335 e. The largest absolute Gasteiger partial charge is 0.335 e. The normalized spacial score (nSPS) is 19.4. The highest BCUT2D eigenvalue weighted by Gasteiger charge is 2.27. The van der Waals surface area contributed by atoms with Gasteiger partial charge in [0.25, 0.3) is 5.95 Å². The Kier molecular flexibility index (Phi) is 2.93. The highest BCUT2D eigenvalue weighted by Crippen LogP contribution is 2.24. The van der Waals surface area contributed by atoms with E-state index in [2.05, 4.69) is 20.4 Å². The van der Waals surface area contributed by atoms with Gasteiger partial charge in [-0.3, -0.25) is 0 Å². The van der Waals surface area contributed by atoms with Crippen molar-refractivity contribution in [2.24, 2.45) is 5.73 Å². The van der Waals surface area contributed by atoms with Crippen molar-refractivity contribution in [3.63, 3.8) is 0 Å². The minimum atomic E-state index is 0.346. The van der Waals surface area contributed by atoms with E-state index in [1.165, 1.54) is 0 Å². The van der Waals surface area contributed by atoms with Crippen LogP contribution in [-0.2, 0) is 0 Å². The fraction of sp³-hybridized carbons (Fsp3) is 0.417. The lowest BCUT2D eigenvalue weighted by molar-refractivity contribution is 0.655. The molecule has 94 valence electrons. The molecule has 1 atom stereocenters. The minimum absolute atomic E-state index is 0.346. The first-order valence-electron chi connectivity index (χ1n) is 6.20. The average Bonchev–Trinajstić information content (AvgIpc) is 3.07. The number of tetrazole rings is 1. The first-order valence-corrected chi connectivity index (χ1v) is 6.20. The molecule has 0 amide bonds. The third-order valence-electron chi connectivity index (χ3n) is 3.36. The van der Waals surface area contributed by atoms with E-state index in [1.54, 1.807) is 4.68 Å². The summed E-state index contributed by atoms with van der Waals surface area (Å²) in [5.74, 6) is 0.786. The van der Waals surface area contributed by atoms with Crippen molar-refractivity contribution in [1.29, 1.82) is 0 Å². The van der Waals surface area contributed by atoms with Crippen LogP contribution in [0.15, 0.2) is 30.3 Å². The molecule has 1 aromatic heterocycles. The molecule has 2 aromatic rings. The SMILES string of the molecule is NCC1CCCN1c1nnnn1-c1ccccc1. The molecule has 0 saturated carbocycles. The summed E-state index contributed by atoms with van der Waals surface area (Å²) < 4.78 is 1.77. The van der Waals surface area contributed by atoms with Crippen LogP contribution in [0.5, 0.6) is 0 Å². The standard InChI is InChI=1S/C12H16N6/c13-9-11-7-4-8-17(11)12-14-15-16-18(12)10-5-2-1-3-6-10/h1-3,5-6,11H,4,7-9,13H2. The number of benzene rings is 1. The Balaban J connectivity index is 1.97. The lowest BCUT2D eigenvalue weighted by atomic mass is 10.2. The summed E-state index contributed by atoms with van der Waals surface area (Å²) >= 11 is 0. The van der Waals surface area contributed by atoms with E-state index in [0.717, 1.165) is 31.0 Å². The Morgan fingerprint density at radius 3 is 2.89 bits per heavy atom. The lowest BCUT2D eigenvalue weighted by Gasteiger charge is -2.23. The molecule has 6 heteroatoms. The molecular weight excluding hydrogens is 228 g/mol. The van der Waals surface area contributed by atoms with Crippen molar-refractivity contribution >= 4 is 5.95 Å². The van der Waals surface area contributed by atoms with E-state index < -0.39 is 0 Å². The number of aromatic nitrogens is 4. The fourth-order valence-corrected chi connectivity index (χ4v) is 2.44. The summed E-state index contributed by atoms with van der Waals surface area (Å²) in [6.45, 7) is 1.61. The first kappa shape index (κ1) is 11.2. The van der Waals surface area contributed by atoms with Gasteiger partial charge in [0.05, 0.1) is 5.69 Å². The average molecular weight is 244 g/mol. The molecule has 18 heavy (non-hydrogen) atoms. The van der Waals surface area contributed by atoms with Crippen molar-refractivity contribution in [2.75, 3.05) is 18.0 Å². The molecule has 1 fully saturated rings. The number of rotatable bonds is 3. The molecule has 0 aliphatic carbocycles. The van der Waals surface area contributed by atoms with E-state index in [0.29, 0.717) is 12.6 Å². The van der Waals surface area contributed by atoms with Crippen molar-refractivity contribution in [3.05, 3.63) is 30.3 Å². The first-order chi connectivity index (χ1) is 8.90. The van der Waals surface area contributed by atoms with Crippen LogP contribution in [0, 0.1) is 0 Å². The monoisotopic (exact) mass is 244 g/mol. The van der Waals surface area contributed by atoms with Crippen LogP contribution in [0.2, 0.25) is 0 Å². The quantitative estimate of drug-likeness (QED) is 0.855. The number of hydrogen-bond donors (Lipinski definition) is 1. The summed E-state index contributed by atoms with van der Waals surface area (Å²) in [4.78, 5) is 2.20. The van der Waals surface area contributed by atoms with Crippen LogP contribution in [0.4, 0.5) is 5.95 Å². The molecule has 6 nitrogen and oxygen atoms in total. The second kappa shape index (κ2) is 4.73. The van der Waals surface area contributed by atoms with E-state index in [4.69, 9.17) is 5.73 Å². The third-order valence-corrected chi connectivity index (χ3v) is 3.36. The number of hydrogen-bond acceptors (Lipinski definition) is 5. The van der Waals surface area contributed by atoms with Crippen molar-refractivity contribution in [1.82, 2.24) is 20.2 Å². The maximum absolute atomic E-state index is 5.80. The molecule has 1 unspecified atom stereocenters. The molecule has 1 aromatic carbocycles. The maximum Gasteiger partial charge on any atom is 0.250 e. The Hall–Kier alpha value is -1.95. The smallest absolute Gasteiger partial charge is 0.250 e. The second-order valence-corrected chi connectivity index (χ2v) is 4.45. The number of nitrogens with two attached hydrogens (primary N) is 1. The van der Waals surface area contributed by atoms with Gasteiger partial charge < -0.3 is 10.6 Å².